The third-order valence-corrected chi connectivity index (χ3v) is 10.7. The third-order valence-electron chi connectivity index (χ3n) is 10.7. The van der Waals surface area contributed by atoms with Crippen LogP contribution < -0.4 is 4.90 Å². The fraction of sp³-hybridized carbons (Fsp3) is 0. The zero-order chi connectivity index (χ0) is 37.3. The summed E-state index contributed by atoms with van der Waals surface area (Å²) in [6.07, 6.45) is 0. The monoisotopic (exact) mass is 715 g/mol. The molecule has 0 aliphatic carbocycles. The Balaban J connectivity index is 1.02. The molecular formula is C54H37NO. The van der Waals surface area contributed by atoms with Crippen molar-refractivity contribution < 1.29 is 4.42 Å². The first kappa shape index (κ1) is 33.2. The van der Waals surface area contributed by atoms with Crippen molar-refractivity contribution in [3.05, 3.63) is 224 Å². The van der Waals surface area contributed by atoms with Crippen LogP contribution in [0.15, 0.2) is 229 Å². The molecule has 0 N–H and O–H groups in total. The van der Waals surface area contributed by atoms with E-state index in [4.69, 9.17) is 4.42 Å². The summed E-state index contributed by atoms with van der Waals surface area (Å²) >= 11 is 0. The Bertz CT molecular complexity index is 2910. The van der Waals surface area contributed by atoms with Gasteiger partial charge in [0.1, 0.15) is 11.2 Å². The quantitative estimate of drug-likeness (QED) is 0.156. The number of benzene rings is 9. The fourth-order valence-electron chi connectivity index (χ4n) is 7.84. The normalized spacial score (nSPS) is 11.2. The van der Waals surface area contributed by atoms with Crippen molar-refractivity contribution in [1.29, 1.82) is 0 Å². The summed E-state index contributed by atoms with van der Waals surface area (Å²) < 4.78 is 6.22. The van der Waals surface area contributed by atoms with E-state index in [0.29, 0.717) is 0 Å². The van der Waals surface area contributed by atoms with Gasteiger partial charge in [0.25, 0.3) is 0 Å². The van der Waals surface area contributed by atoms with Crippen LogP contribution in [0.5, 0.6) is 0 Å². The molecule has 2 heteroatoms. The summed E-state index contributed by atoms with van der Waals surface area (Å²) in [5.41, 5.74) is 16.9. The summed E-state index contributed by atoms with van der Waals surface area (Å²) in [4.78, 5) is 2.33. The van der Waals surface area contributed by atoms with Crippen LogP contribution in [0.2, 0.25) is 0 Å². The van der Waals surface area contributed by atoms with E-state index >= 15 is 0 Å². The molecule has 10 rings (SSSR count). The van der Waals surface area contributed by atoms with Gasteiger partial charge in [-0.1, -0.05) is 164 Å². The van der Waals surface area contributed by atoms with Crippen LogP contribution in [0, 0.1) is 0 Å². The Labute approximate surface area is 327 Å². The molecule has 0 saturated heterocycles. The molecular weight excluding hydrogens is 679 g/mol. The van der Waals surface area contributed by atoms with Gasteiger partial charge >= 0.3 is 0 Å². The smallest absolute Gasteiger partial charge is 0.136 e. The highest BCUT2D eigenvalue weighted by Crippen LogP contribution is 2.40. The molecule has 1 heterocycles. The van der Waals surface area contributed by atoms with Crippen LogP contribution >= 0.6 is 0 Å². The van der Waals surface area contributed by atoms with Crippen molar-refractivity contribution in [2.75, 3.05) is 4.90 Å². The maximum Gasteiger partial charge on any atom is 0.136 e. The van der Waals surface area contributed by atoms with Gasteiger partial charge in [0.15, 0.2) is 0 Å². The van der Waals surface area contributed by atoms with E-state index in [1.165, 1.54) is 44.5 Å². The van der Waals surface area contributed by atoms with Gasteiger partial charge in [0.2, 0.25) is 0 Å². The average Bonchev–Trinajstić information content (AvgIpc) is 3.66. The molecule has 0 fully saturated rings. The second-order valence-corrected chi connectivity index (χ2v) is 14.1. The fourth-order valence-corrected chi connectivity index (χ4v) is 7.84. The van der Waals surface area contributed by atoms with Gasteiger partial charge in [-0.15, -0.1) is 0 Å². The van der Waals surface area contributed by atoms with Crippen LogP contribution in [-0.4, -0.2) is 0 Å². The van der Waals surface area contributed by atoms with Gasteiger partial charge in [-0.2, -0.15) is 0 Å². The summed E-state index contributed by atoms with van der Waals surface area (Å²) in [7, 11) is 0. The summed E-state index contributed by atoms with van der Waals surface area (Å²) in [5, 5.41) is 2.28. The van der Waals surface area contributed by atoms with E-state index in [0.717, 1.165) is 50.1 Å². The van der Waals surface area contributed by atoms with Gasteiger partial charge in [-0.25, -0.2) is 0 Å². The van der Waals surface area contributed by atoms with Gasteiger partial charge in [0.05, 0.1) is 0 Å². The number of anilines is 3. The van der Waals surface area contributed by atoms with E-state index in [9.17, 15) is 0 Å². The second kappa shape index (κ2) is 14.4. The molecule has 0 radical (unpaired) electrons. The predicted molar refractivity (Wildman–Crippen MR) is 236 cm³/mol. The van der Waals surface area contributed by atoms with Crippen molar-refractivity contribution in [1.82, 2.24) is 0 Å². The van der Waals surface area contributed by atoms with Gasteiger partial charge in [-0.3, -0.25) is 0 Å². The number of furan rings is 1. The number of nitrogens with zero attached hydrogens (tertiary/aromatic N) is 1. The predicted octanol–water partition coefficient (Wildman–Crippen LogP) is 15.4. The number of fused-ring (bicyclic) bond motifs is 3. The highest BCUT2D eigenvalue weighted by atomic mass is 16.3. The molecule has 2 nitrogen and oxygen atoms in total. The molecule has 0 bridgehead atoms. The molecule has 1 aromatic heterocycles. The van der Waals surface area contributed by atoms with Gasteiger partial charge < -0.3 is 9.32 Å². The molecule has 0 saturated carbocycles. The van der Waals surface area contributed by atoms with Crippen LogP contribution in [0.1, 0.15) is 0 Å². The SMILES string of the molecule is c1ccc(-c2ccc(N(c3ccc(-c4ccc(-c5ccccc5)c(-c5ccccc5)c4)cc3)c3ccc(-c4ccc5c(c4)oc4ccccc45)cc3)cc2)cc1. The lowest BCUT2D eigenvalue weighted by Gasteiger charge is -2.26. The standard InChI is InChI=1S/C54H37NO/c1-4-12-38(13-5-1)39-20-28-46(29-21-39)55(48-32-24-41(25-33-48)45-27-35-51-50-18-10-11-19-53(50)56-54(51)37-45)47-30-22-40(23-31-47)44-26-34-49(42-14-6-2-7-15-42)52(36-44)43-16-8-3-9-17-43/h1-37H. The molecule has 56 heavy (non-hydrogen) atoms. The lowest BCUT2D eigenvalue weighted by molar-refractivity contribution is 0.669. The number of rotatable bonds is 8. The van der Waals surface area contributed by atoms with Crippen LogP contribution in [0.3, 0.4) is 0 Å². The Hall–Kier alpha value is -7.42. The maximum absolute atomic E-state index is 6.22. The Morgan fingerprint density at radius 3 is 1.21 bits per heavy atom. The minimum absolute atomic E-state index is 0.901. The molecule has 0 amide bonds. The summed E-state index contributed by atoms with van der Waals surface area (Å²) in [6.45, 7) is 0. The number of hydrogen-bond acceptors (Lipinski definition) is 2. The van der Waals surface area contributed by atoms with Crippen molar-refractivity contribution >= 4 is 39.0 Å². The highest BCUT2D eigenvalue weighted by molar-refractivity contribution is 6.06. The van der Waals surface area contributed by atoms with Crippen LogP contribution in [0.25, 0.3) is 77.6 Å². The lowest BCUT2D eigenvalue weighted by Crippen LogP contribution is -2.09. The molecule has 0 spiro atoms. The van der Waals surface area contributed by atoms with Gasteiger partial charge in [-0.05, 0) is 116 Å². The highest BCUT2D eigenvalue weighted by Gasteiger charge is 2.16. The average molecular weight is 716 g/mol. The van der Waals surface area contributed by atoms with Gasteiger partial charge in [0, 0.05) is 27.8 Å². The van der Waals surface area contributed by atoms with E-state index in [-0.39, 0.29) is 0 Å². The second-order valence-electron chi connectivity index (χ2n) is 14.1. The zero-order valence-electron chi connectivity index (χ0n) is 30.7. The largest absolute Gasteiger partial charge is 0.456 e. The van der Waals surface area contributed by atoms with Crippen molar-refractivity contribution in [3.63, 3.8) is 0 Å². The van der Waals surface area contributed by atoms with Crippen molar-refractivity contribution in [2.45, 2.75) is 0 Å². The molecule has 9 aromatic carbocycles. The molecule has 0 aliphatic heterocycles. The number of para-hydroxylation sites is 1. The Morgan fingerprint density at radius 1 is 0.250 bits per heavy atom. The van der Waals surface area contributed by atoms with E-state index in [1.807, 2.05) is 12.1 Å². The van der Waals surface area contributed by atoms with Crippen LogP contribution in [-0.2, 0) is 0 Å². The zero-order valence-corrected chi connectivity index (χ0v) is 30.7. The van der Waals surface area contributed by atoms with Crippen molar-refractivity contribution in [2.24, 2.45) is 0 Å². The minimum atomic E-state index is 0.901. The Morgan fingerprint density at radius 2 is 0.643 bits per heavy atom. The van der Waals surface area contributed by atoms with E-state index in [2.05, 4.69) is 217 Å². The summed E-state index contributed by atoms with van der Waals surface area (Å²) in [5.74, 6) is 0. The van der Waals surface area contributed by atoms with Crippen molar-refractivity contribution in [3.8, 4) is 55.6 Å². The first-order valence-electron chi connectivity index (χ1n) is 19.1. The molecule has 10 aromatic rings. The topological polar surface area (TPSA) is 16.4 Å². The minimum Gasteiger partial charge on any atom is -0.456 e. The molecule has 0 aliphatic rings. The lowest BCUT2D eigenvalue weighted by atomic mass is 9.91. The van der Waals surface area contributed by atoms with E-state index < -0.39 is 0 Å². The number of hydrogen-bond donors (Lipinski definition) is 0. The third kappa shape index (κ3) is 6.34. The molecule has 0 unspecified atom stereocenters. The first-order chi connectivity index (χ1) is 27.7. The Kier molecular flexibility index (Phi) is 8.55. The van der Waals surface area contributed by atoms with E-state index in [1.54, 1.807) is 0 Å². The summed E-state index contributed by atoms with van der Waals surface area (Å²) in [6, 6.07) is 80.1. The van der Waals surface area contributed by atoms with Crippen LogP contribution in [0.4, 0.5) is 17.1 Å². The maximum atomic E-state index is 6.22. The molecule has 264 valence electrons. The molecule has 0 atom stereocenters. The first-order valence-corrected chi connectivity index (χ1v) is 19.1.